The second kappa shape index (κ2) is 15.3. The minimum absolute atomic E-state index is 0. The first kappa shape index (κ1) is 26.3. The molecule has 0 saturated carbocycles. The van der Waals surface area contributed by atoms with Crippen molar-refractivity contribution in [3.8, 4) is 0 Å². The zero-order valence-corrected chi connectivity index (χ0v) is 19.1. The van der Waals surface area contributed by atoms with Gasteiger partial charge in [-0.25, -0.2) is 0 Å². The number of fused-ring (bicyclic) bond motifs is 2. The Morgan fingerprint density at radius 1 is 0.760 bits per heavy atom. The van der Waals surface area contributed by atoms with Crippen LogP contribution in [0.2, 0.25) is 6.55 Å². The van der Waals surface area contributed by atoms with Crippen LogP contribution in [-0.2, 0) is 26.2 Å². The van der Waals surface area contributed by atoms with E-state index in [1.807, 2.05) is 5.70 Å². The fraction of sp³-hybridized carbons (Fsp3) is 0.0476. The zero-order chi connectivity index (χ0) is 15.6. The van der Waals surface area contributed by atoms with Gasteiger partial charge in [0, 0.05) is 0 Å². The van der Waals surface area contributed by atoms with Crippen LogP contribution in [0.25, 0.3) is 21.5 Å². The maximum absolute atomic E-state index is 3.49. The predicted molar refractivity (Wildman–Crippen MR) is 101 cm³/mol. The quantitative estimate of drug-likeness (QED) is 0.276. The molecular formula is C21H20Cl2SiZr. The first-order valence-corrected chi connectivity index (χ1v) is 8.92. The molecule has 0 aliphatic carbocycles. The summed E-state index contributed by atoms with van der Waals surface area (Å²) in [5.41, 5.74) is 1.90. The molecule has 25 heavy (non-hydrogen) atoms. The van der Waals surface area contributed by atoms with Crippen molar-refractivity contribution < 1.29 is 51.0 Å². The molecule has 0 nitrogen and oxygen atoms in total. The third-order valence-corrected chi connectivity index (χ3v) is 3.71. The molecule has 126 valence electrons. The smallest absolute Gasteiger partial charge is 1.00 e. The van der Waals surface area contributed by atoms with Crippen LogP contribution in [0.1, 0.15) is 0 Å². The third kappa shape index (κ3) is 8.83. The van der Waals surface area contributed by atoms with Gasteiger partial charge in [0.25, 0.3) is 0 Å². The van der Waals surface area contributed by atoms with Crippen LogP contribution in [0.3, 0.4) is 0 Å². The molecule has 4 aromatic rings. The van der Waals surface area contributed by atoms with Gasteiger partial charge in [-0.1, -0.05) is 18.7 Å². The van der Waals surface area contributed by atoms with Crippen LogP contribution in [0.4, 0.5) is 0 Å². The fourth-order valence-electron chi connectivity index (χ4n) is 2.14. The summed E-state index contributed by atoms with van der Waals surface area (Å²) < 4.78 is 0. The Bertz CT molecular complexity index is 694. The Kier molecular flexibility index (Phi) is 16.1. The number of benzene rings is 2. The number of rotatable bonds is 1. The number of hydrogen-bond acceptors (Lipinski definition) is 0. The maximum atomic E-state index is 3.49. The van der Waals surface area contributed by atoms with Gasteiger partial charge in [-0.2, -0.15) is 35.0 Å². The molecule has 0 saturated heterocycles. The summed E-state index contributed by atoms with van der Waals surface area (Å²) in [7, 11) is 0.904. The molecule has 0 amide bonds. The predicted octanol–water partition coefficient (Wildman–Crippen LogP) is 0.00510. The summed E-state index contributed by atoms with van der Waals surface area (Å²) in [4.78, 5) is 0. The summed E-state index contributed by atoms with van der Waals surface area (Å²) in [5, 5.41) is 5.32. The Balaban J connectivity index is 0. The van der Waals surface area contributed by atoms with Gasteiger partial charge in [0.2, 0.25) is 0 Å². The molecular weight excluding hydrogens is 442 g/mol. The average molecular weight is 463 g/mol. The molecule has 0 atom stereocenters. The van der Waals surface area contributed by atoms with Crippen LogP contribution in [-0.4, -0.2) is 9.52 Å². The van der Waals surface area contributed by atoms with E-state index in [2.05, 4.69) is 98.1 Å². The van der Waals surface area contributed by atoms with Gasteiger partial charge in [-0.3, -0.25) is 0 Å². The number of hydrogen-bond donors (Lipinski definition) is 0. The first-order chi connectivity index (χ1) is 10.8. The summed E-state index contributed by atoms with van der Waals surface area (Å²) in [5.74, 6) is 0. The van der Waals surface area contributed by atoms with Crippen molar-refractivity contribution in [1.29, 1.82) is 0 Å². The maximum Gasteiger partial charge on any atom is 4.00 e. The second-order valence-electron chi connectivity index (χ2n) is 4.80. The van der Waals surface area contributed by atoms with E-state index in [9.17, 15) is 0 Å². The van der Waals surface area contributed by atoms with Crippen LogP contribution in [0, 0.1) is 0 Å². The van der Waals surface area contributed by atoms with Crippen molar-refractivity contribution in [3.05, 3.63) is 97.2 Å². The molecule has 0 bridgehead atoms. The summed E-state index contributed by atoms with van der Waals surface area (Å²) >= 11 is 0. The van der Waals surface area contributed by atoms with Crippen LogP contribution < -0.4 is 24.8 Å². The van der Waals surface area contributed by atoms with Crippen molar-refractivity contribution in [3.63, 3.8) is 0 Å². The van der Waals surface area contributed by atoms with Crippen molar-refractivity contribution in [1.82, 2.24) is 0 Å². The van der Waals surface area contributed by atoms with E-state index in [-0.39, 0.29) is 51.0 Å². The van der Waals surface area contributed by atoms with Crippen LogP contribution in [0.5, 0.6) is 0 Å². The largest absolute Gasteiger partial charge is 4.00 e. The number of halogens is 2. The van der Waals surface area contributed by atoms with E-state index in [0.717, 1.165) is 9.52 Å². The molecule has 4 heteroatoms. The Labute approximate surface area is 184 Å². The fourth-order valence-corrected chi connectivity index (χ4v) is 2.14. The van der Waals surface area contributed by atoms with E-state index in [1.54, 1.807) is 0 Å². The van der Waals surface area contributed by atoms with Gasteiger partial charge in [-0.05, 0) is 0 Å². The molecule has 2 radical (unpaired) electrons. The SMILES string of the molecule is C=C[Si]C.[Cl-].[Cl-].[Zr+4].c1ccc2[cH-]ccc2c1.c1ccc2[cH-]ccc2c1. The molecule has 0 aromatic heterocycles. The molecule has 0 unspecified atom stereocenters. The van der Waals surface area contributed by atoms with Crippen molar-refractivity contribution in [2.45, 2.75) is 6.55 Å². The van der Waals surface area contributed by atoms with Crippen LogP contribution >= 0.6 is 0 Å². The Morgan fingerprint density at radius 2 is 1.12 bits per heavy atom. The van der Waals surface area contributed by atoms with E-state index in [0.29, 0.717) is 0 Å². The Hall–Kier alpha value is -0.920. The van der Waals surface area contributed by atoms with Crippen LogP contribution in [0.15, 0.2) is 97.2 Å². The summed E-state index contributed by atoms with van der Waals surface area (Å²) in [6.07, 6.45) is 0. The average Bonchev–Trinajstić information content (AvgIpc) is 3.24. The first-order valence-electron chi connectivity index (χ1n) is 7.34. The summed E-state index contributed by atoms with van der Waals surface area (Å²) in [6, 6.07) is 29.3. The zero-order valence-electron chi connectivity index (χ0n) is 14.1. The van der Waals surface area contributed by atoms with E-state index >= 15 is 0 Å². The molecule has 4 rings (SSSR count). The molecule has 0 aliphatic rings. The standard InChI is InChI=1S/2C9H7.C3H6Si.2ClH.Zr/c2*1-2-5-9-7-3-6-8(9)4-1;1-3-4-2;;;/h2*1-7H;3H,1H2,2H3;2*1H;/q2*-1;;;;+4/p-2. The van der Waals surface area contributed by atoms with E-state index in [1.165, 1.54) is 21.5 Å². The minimum Gasteiger partial charge on any atom is -1.00 e. The monoisotopic (exact) mass is 460 g/mol. The normalized spacial score (nSPS) is 8.36. The molecule has 0 N–H and O–H groups in total. The molecule has 0 heterocycles. The second-order valence-corrected chi connectivity index (χ2v) is 5.79. The van der Waals surface area contributed by atoms with Gasteiger partial charge in [0.1, 0.15) is 0 Å². The molecule has 0 spiro atoms. The van der Waals surface area contributed by atoms with Gasteiger partial charge in [0.05, 0.1) is 9.52 Å². The third-order valence-electron chi connectivity index (χ3n) is 3.30. The van der Waals surface area contributed by atoms with E-state index in [4.69, 9.17) is 0 Å². The molecule has 0 fully saturated rings. The Morgan fingerprint density at radius 3 is 1.44 bits per heavy atom. The van der Waals surface area contributed by atoms with Crippen molar-refractivity contribution in [2.24, 2.45) is 0 Å². The van der Waals surface area contributed by atoms with E-state index < -0.39 is 0 Å². The topological polar surface area (TPSA) is 0 Å². The molecule has 0 aliphatic heterocycles. The molecule has 4 aromatic carbocycles. The van der Waals surface area contributed by atoms with Gasteiger partial charge < -0.3 is 24.8 Å². The summed E-state index contributed by atoms with van der Waals surface area (Å²) in [6.45, 7) is 5.58. The van der Waals surface area contributed by atoms with Gasteiger partial charge in [-0.15, -0.1) is 71.6 Å². The van der Waals surface area contributed by atoms with Crippen molar-refractivity contribution in [2.75, 3.05) is 0 Å². The van der Waals surface area contributed by atoms with Gasteiger partial charge in [0.15, 0.2) is 0 Å². The van der Waals surface area contributed by atoms with Gasteiger partial charge >= 0.3 is 26.2 Å². The van der Waals surface area contributed by atoms with Crippen molar-refractivity contribution >= 4 is 31.1 Å². The minimum atomic E-state index is 0.